The molecule has 27 heavy (non-hydrogen) atoms. The van der Waals surface area contributed by atoms with Gasteiger partial charge >= 0.3 is 0 Å². The van der Waals surface area contributed by atoms with Crippen LogP contribution in [-0.4, -0.2) is 49.7 Å². The Labute approximate surface area is 168 Å². The van der Waals surface area contributed by atoms with Crippen molar-refractivity contribution in [2.24, 2.45) is 5.92 Å². The highest BCUT2D eigenvalue weighted by Crippen LogP contribution is 2.38. The van der Waals surface area contributed by atoms with Crippen LogP contribution in [0.4, 0.5) is 17.3 Å². The van der Waals surface area contributed by atoms with Crippen molar-refractivity contribution < 1.29 is 0 Å². The maximum Gasteiger partial charge on any atom is 0.172 e. The molecular weight excluding hydrogens is 404 g/mol. The van der Waals surface area contributed by atoms with Gasteiger partial charge in [-0.25, -0.2) is 9.97 Å². The standard InChI is InChI=1S/C20H23BrN6/c1-25(2)19-20(24-8-7-23-19)26-9-5-14-6-10-27(18(14)13-26)16-4-3-15(12-22)17(21)11-16/h3-4,7-8,11,14,18H,5-6,9-10,13H2,1-2H3. The number of piperidine rings is 1. The minimum absolute atomic E-state index is 0.454. The van der Waals surface area contributed by atoms with Gasteiger partial charge in [0.05, 0.1) is 5.56 Å². The van der Waals surface area contributed by atoms with Crippen LogP contribution in [0.5, 0.6) is 0 Å². The van der Waals surface area contributed by atoms with Gasteiger partial charge < -0.3 is 14.7 Å². The zero-order valence-electron chi connectivity index (χ0n) is 15.6. The third-order valence-electron chi connectivity index (χ3n) is 5.65. The maximum atomic E-state index is 9.18. The summed E-state index contributed by atoms with van der Waals surface area (Å²) in [5.41, 5.74) is 1.86. The molecule has 2 aromatic rings. The van der Waals surface area contributed by atoms with Crippen LogP contribution in [0.25, 0.3) is 0 Å². The van der Waals surface area contributed by atoms with Crippen LogP contribution in [0.1, 0.15) is 18.4 Å². The highest BCUT2D eigenvalue weighted by molar-refractivity contribution is 9.10. The van der Waals surface area contributed by atoms with Gasteiger partial charge in [-0.15, -0.1) is 0 Å². The third kappa shape index (κ3) is 3.34. The van der Waals surface area contributed by atoms with E-state index in [4.69, 9.17) is 0 Å². The van der Waals surface area contributed by atoms with Crippen molar-refractivity contribution in [3.63, 3.8) is 0 Å². The molecule has 1 aromatic carbocycles. The van der Waals surface area contributed by atoms with E-state index in [1.807, 2.05) is 25.1 Å². The molecular formula is C20H23BrN6. The van der Waals surface area contributed by atoms with Crippen LogP contribution in [0, 0.1) is 17.2 Å². The van der Waals surface area contributed by atoms with E-state index in [0.717, 1.165) is 35.7 Å². The SMILES string of the molecule is CN(C)c1nccnc1N1CCC2CCN(c3ccc(C#N)c(Br)c3)C2C1. The first-order valence-electron chi connectivity index (χ1n) is 9.28. The highest BCUT2D eigenvalue weighted by Gasteiger charge is 2.39. The molecule has 0 N–H and O–H groups in total. The minimum atomic E-state index is 0.454. The summed E-state index contributed by atoms with van der Waals surface area (Å²) in [5, 5.41) is 9.18. The molecule has 140 valence electrons. The Morgan fingerprint density at radius 2 is 1.96 bits per heavy atom. The fourth-order valence-corrected chi connectivity index (χ4v) is 4.74. The number of benzene rings is 1. The molecule has 2 fully saturated rings. The van der Waals surface area contributed by atoms with Crippen LogP contribution in [0.2, 0.25) is 0 Å². The number of nitriles is 1. The molecule has 0 saturated carbocycles. The van der Waals surface area contributed by atoms with Crippen molar-refractivity contribution in [1.82, 2.24) is 9.97 Å². The monoisotopic (exact) mass is 426 g/mol. The van der Waals surface area contributed by atoms with Crippen molar-refractivity contribution in [2.45, 2.75) is 18.9 Å². The highest BCUT2D eigenvalue weighted by atomic mass is 79.9. The van der Waals surface area contributed by atoms with E-state index >= 15 is 0 Å². The van der Waals surface area contributed by atoms with Gasteiger partial charge in [-0.3, -0.25) is 0 Å². The van der Waals surface area contributed by atoms with Crippen molar-refractivity contribution in [3.8, 4) is 6.07 Å². The zero-order chi connectivity index (χ0) is 19.0. The summed E-state index contributed by atoms with van der Waals surface area (Å²) in [6.45, 7) is 3.02. The largest absolute Gasteiger partial charge is 0.366 e. The number of fused-ring (bicyclic) bond motifs is 1. The third-order valence-corrected chi connectivity index (χ3v) is 6.31. The van der Waals surface area contributed by atoms with Gasteiger partial charge in [-0.05, 0) is 52.9 Å². The Hall–Kier alpha value is -2.33. The minimum Gasteiger partial charge on any atom is -0.366 e. The summed E-state index contributed by atoms with van der Waals surface area (Å²) in [7, 11) is 4.02. The van der Waals surface area contributed by atoms with Gasteiger partial charge in [0, 0.05) is 62.3 Å². The molecule has 1 aromatic heterocycles. The number of aromatic nitrogens is 2. The molecule has 0 amide bonds. The van der Waals surface area contributed by atoms with Gasteiger partial charge in [-0.2, -0.15) is 5.26 Å². The lowest BCUT2D eigenvalue weighted by atomic mass is 9.92. The summed E-state index contributed by atoms with van der Waals surface area (Å²) < 4.78 is 0.863. The van der Waals surface area contributed by atoms with Crippen LogP contribution < -0.4 is 14.7 Å². The van der Waals surface area contributed by atoms with E-state index in [2.05, 4.69) is 53.9 Å². The van der Waals surface area contributed by atoms with Crippen molar-refractivity contribution in [2.75, 3.05) is 48.4 Å². The molecule has 2 atom stereocenters. The first kappa shape index (κ1) is 18.1. The number of rotatable bonds is 3. The van der Waals surface area contributed by atoms with Gasteiger partial charge in [0.15, 0.2) is 11.6 Å². The van der Waals surface area contributed by atoms with Crippen LogP contribution in [0.15, 0.2) is 35.1 Å². The fraction of sp³-hybridized carbons (Fsp3) is 0.450. The smallest absolute Gasteiger partial charge is 0.172 e. The Morgan fingerprint density at radius 1 is 1.19 bits per heavy atom. The predicted octanol–water partition coefficient (Wildman–Crippen LogP) is 3.28. The number of anilines is 3. The molecule has 0 aliphatic carbocycles. The second-order valence-corrected chi connectivity index (χ2v) is 8.27. The van der Waals surface area contributed by atoms with Crippen LogP contribution >= 0.6 is 15.9 Å². The molecule has 6 nitrogen and oxygen atoms in total. The van der Waals surface area contributed by atoms with E-state index in [1.165, 1.54) is 18.5 Å². The average molecular weight is 427 g/mol. The first-order chi connectivity index (χ1) is 13.1. The molecule has 4 rings (SSSR count). The summed E-state index contributed by atoms with van der Waals surface area (Å²) in [6.07, 6.45) is 5.92. The van der Waals surface area contributed by atoms with Gasteiger partial charge in [0.1, 0.15) is 6.07 Å². The quantitative estimate of drug-likeness (QED) is 0.750. The van der Waals surface area contributed by atoms with E-state index < -0.39 is 0 Å². The number of halogens is 1. The molecule has 0 bridgehead atoms. The van der Waals surface area contributed by atoms with Gasteiger partial charge in [0.25, 0.3) is 0 Å². The Morgan fingerprint density at radius 3 is 2.70 bits per heavy atom. The number of hydrogen-bond acceptors (Lipinski definition) is 6. The molecule has 2 aliphatic rings. The second kappa shape index (κ2) is 7.35. The molecule has 2 aliphatic heterocycles. The van der Waals surface area contributed by atoms with E-state index in [0.29, 0.717) is 17.5 Å². The lowest BCUT2D eigenvalue weighted by Gasteiger charge is -2.40. The van der Waals surface area contributed by atoms with Crippen molar-refractivity contribution >= 4 is 33.3 Å². The number of hydrogen-bond donors (Lipinski definition) is 0. The van der Waals surface area contributed by atoms with Crippen LogP contribution in [0.3, 0.4) is 0 Å². The lowest BCUT2D eigenvalue weighted by molar-refractivity contribution is 0.389. The van der Waals surface area contributed by atoms with Crippen molar-refractivity contribution in [3.05, 3.63) is 40.6 Å². The van der Waals surface area contributed by atoms with E-state index in [-0.39, 0.29) is 0 Å². The van der Waals surface area contributed by atoms with Gasteiger partial charge in [-0.1, -0.05) is 0 Å². The Kier molecular flexibility index (Phi) is 4.92. The molecule has 0 spiro atoms. The second-order valence-electron chi connectivity index (χ2n) is 7.42. The summed E-state index contributed by atoms with van der Waals surface area (Å²) >= 11 is 3.53. The normalized spacial score (nSPS) is 21.7. The lowest BCUT2D eigenvalue weighted by Crippen LogP contribution is -2.49. The molecule has 3 heterocycles. The molecule has 2 saturated heterocycles. The topological polar surface area (TPSA) is 59.3 Å². The average Bonchev–Trinajstić information content (AvgIpc) is 3.11. The summed E-state index contributed by atoms with van der Waals surface area (Å²) in [6, 6.07) is 8.72. The predicted molar refractivity (Wildman–Crippen MR) is 111 cm³/mol. The Balaban J connectivity index is 1.60. The molecule has 2 unspecified atom stereocenters. The maximum absolute atomic E-state index is 9.18. The first-order valence-corrected chi connectivity index (χ1v) is 10.1. The number of nitrogens with zero attached hydrogens (tertiary/aromatic N) is 6. The summed E-state index contributed by atoms with van der Waals surface area (Å²) in [4.78, 5) is 16.0. The van der Waals surface area contributed by atoms with Gasteiger partial charge in [0.2, 0.25) is 0 Å². The zero-order valence-corrected chi connectivity index (χ0v) is 17.2. The van der Waals surface area contributed by atoms with Crippen LogP contribution in [-0.2, 0) is 0 Å². The molecule has 0 radical (unpaired) electrons. The Bertz CT molecular complexity index is 877. The van der Waals surface area contributed by atoms with E-state index in [9.17, 15) is 5.26 Å². The molecule has 7 heteroatoms. The summed E-state index contributed by atoms with van der Waals surface area (Å²) in [5.74, 6) is 2.59. The van der Waals surface area contributed by atoms with E-state index in [1.54, 1.807) is 12.4 Å². The van der Waals surface area contributed by atoms with Crippen molar-refractivity contribution in [1.29, 1.82) is 5.26 Å². The fourth-order valence-electron chi connectivity index (χ4n) is 4.29.